The summed E-state index contributed by atoms with van der Waals surface area (Å²) in [4.78, 5) is 1.99. The zero-order valence-corrected chi connectivity index (χ0v) is 10.8. The van der Waals surface area contributed by atoms with Gasteiger partial charge in [0, 0.05) is 30.0 Å². The van der Waals surface area contributed by atoms with Crippen LogP contribution in [-0.4, -0.2) is 7.05 Å². The van der Waals surface area contributed by atoms with E-state index in [0.717, 1.165) is 11.3 Å². The Morgan fingerprint density at radius 2 is 1.83 bits per heavy atom. The fraction of sp³-hybridized carbons (Fsp3) is 0.143. The van der Waals surface area contributed by atoms with Crippen molar-refractivity contribution in [2.75, 3.05) is 17.7 Å². The molecule has 2 nitrogen and oxygen atoms in total. The molecule has 0 atom stereocenters. The average molecular weight is 265 g/mol. The van der Waals surface area contributed by atoms with Crippen molar-refractivity contribution in [1.29, 1.82) is 0 Å². The number of rotatable bonds is 3. The van der Waals surface area contributed by atoms with Crippen molar-refractivity contribution in [1.82, 2.24) is 0 Å². The van der Waals surface area contributed by atoms with Gasteiger partial charge in [-0.15, -0.1) is 0 Å². The second-order valence-electron chi connectivity index (χ2n) is 4.18. The number of hydrogen-bond donors (Lipinski definition) is 1. The summed E-state index contributed by atoms with van der Waals surface area (Å²) in [6.07, 6.45) is 0. The summed E-state index contributed by atoms with van der Waals surface area (Å²) >= 11 is 6.11. The molecule has 18 heavy (non-hydrogen) atoms. The van der Waals surface area contributed by atoms with E-state index in [2.05, 4.69) is 0 Å². The third-order valence-electron chi connectivity index (χ3n) is 2.74. The van der Waals surface area contributed by atoms with Crippen LogP contribution in [0.1, 0.15) is 5.56 Å². The van der Waals surface area contributed by atoms with E-state index in [9.17, 15) is 4.39 Å². The van der Waals surface area contributed by atoms with E-state index in [1.54, 1.807) is 24.3 Å². The monoisotopic (exact) mass is 264 g/mol. The van der Waals surface area contributed by atoms with Crippen molar-refractivity contribution >= 4 is 23.0 Å². The van der Waals surface area contributed by atoms with Crippen molar-refractivity contribution in [3.05, 3.63) is 58.9 Å². The molecular formula is C14H14ClFN2. The van der Waals surface area contributed by atoms with E-state index in [-0.39, 0.29) is 5.82 Å². The highest BCUT2D eigenvalue weighted by atomic mass is 35.5. The Labute approximate surface area is 111 Å². The number of nitrogens with two attached hydrogens (primary N) is 1. The molecule has 0 aliphatic carbocycles. The van der Waals surface area contributed by atoms with Crippen molar-refractivity contribution in [3.8, 4) is 0 Å². The van der Waals surface area contributed by atoms with Crippen LogP contribution in [-0.2, 0) is 6.54 Å². The van der Waals surface area contributed by atoms with Crippen molar-refractivity contribution in [2.24, 2.45) is 0 Å². The predicted octanol–water partition coefficient (Wildman–Crippen LogP) is 3.70. The Morgan fingerprint density at radius 3 is 2.50 bits per heavy atom. The molecule has 0 saturated heterocycles. The molecule has 2 aromatic rings. The third kappa shape index (κ3) is 2.93. The van der Waals surface area contributed by atoms with E-state index >= 15 is 0 Å². The van der Waals surface area contributed by atoms with Crippen LogP contribution in [0.4, 0.5) is 15.8 Å². The molecule has 2 N–H and O–H groups in total. The summed E-state index contributed by atoms with van der Waals surface area (Å²) in [5, 5.41) is 0.679. The molecule has 2 rings (SSSR count). The smallest absolute Gasteiger partial charge is 0.123 e. The molecule has 0 aromatic heterocycles. The van der Waals surface area contributed by atoms with Crippen LogP contribution in [0.25, 0.3) is 0 Å². The third-order valence-corrected chi connectivity index (χ3v) is 3.11. The first kappa shape index (κ1) is 12.7. The van der Waals surface area contributed by atoms with Crippen LogP contribution in [0.5, 0.6) is 0 Å². The van der Waals surface area contributed by atoms with Crippen LogP contribution < -0.4 is 10.6 Å². The van der Waals surface area contributed by atoms with Crippen molar-refractivity contribution in [2.45, 2.75) is 6.54 Å². The van der Waals surface area contributed by atoms with Gasteiger partial charge in [0.2, 0.25) is 0 Å². The molecule has 0 radical (unpaired) electrons. The SMILES string of the molecule is CN(Cc1cc(N)ccc1Cl)c1ccc(F)cc1. The molecule has 0 unspecified atom stereocenters. The number of hydrogen-bond acceptors (Lipinski definition) is 2. The Kier molecular flexibility index (Phi) is 3.72. The Morgan fingerprint density at radius 1 is 1.17 bits per heavy atom. The van der Waals surface area contributed by atoms with Gasteiger partial charge in [-0.25, -0.2) is 4.39 Å². The molecule has 0 saturated carbocycles. The molecule has 0 heterocycles. The van der Waals surface area contributed by atoms with Gasteiger partial charge in [0.05, 0.1) is 0 Å². The first-order valence-corrected chi connectivity index (χ1v) is 5.94. The van der Waals surface area contributed by atoms with Gasteiger partial charge in [-0.2, -0.15) is 0 Å². The molecule has 94 valence electrons. The zero-order chi connectivity index (χ0) is 13.1. The molecule has 0 bridgehead atoms. The minimum atomic E-state index is -0.242. The van der Waals surface area contributed by atoms with Gasteiger partial charge < -0.3 is 10.6 Å². The Hall–Kier alpha value is -1.74. The standard InChI is InChI=1S/C14H14ClFN2/c1-18(13-5-2-11(16)3-6-13)9-10-8-12(17)4-7-14(10)15/h2-8H,9,17H2,1H3. The van der Waals surface area contributed by atoms with Crippen LogP contribution in [0.3, 0.4) is 0 Å². The molecule has 0 amide bonds. The lowest BCUT2D eigenvalue weighted by molar-refractivity contribution is 0.627. The first-order chi connectivity index (χ1) is 8.56. The lowest BCUT2D eigenvalue weighted by Gasteiger charge is -2.20. The van der Waals surface area contributed by atoms with Gasteiger partial charge in [-0.05, 0) is 48.0 Å². The maximum absolute atomic E-state index is 12.8. The van der Waals surface area contributed by atoms with E-state index in [4.69, 9.17) is 17.3 Å². The van der Waals surface area contributed by atoms with Gasteiger partial charge in [-0.1, -0.05) is 11.6 Å². The quantitative estimate of drug-likeness (QED) is 0.857. The second-order valence-corrected chi connectivity index (χ2v) is 4.59. The summed E-state index contributed by atoms with van der Waals surface area (Å²) in [6, 6.07) is 11.7. The zero-order valence-electron chi connectivity index (χ0n) is 10.0. The molecule has 0 aliphatic rings. The number of anilines is 2. The fourth-order valence-corrected chi connectivity index (χ4v) is 1.94. The lowest BCUT2D eigenvalue weighted by Crippen LogP contribution is -2.16. The van der Waals surface area contributed by atoms with Crippen LogP contribution in [0, 0.1) is 5.82 Å². The minimum Gasteiger partial charge on any atom is -0.399 e. The van der Waals surface area contributed by atoms with Gasteiger partial charge in [0.15, 0.2) is 0 Å². The van der Waals surface area contributed by atoms with E-state index in [1.165, 1.54) is 12.1 Å². The van der Waals surface area contributed by atoms with E-state index < -0.39 is 0 Å². The average Bonchev–Trinajstić information content (AvgIpc) is 2.34. The predicted molar refractivity (Wildman–Crippen MR) is 74.4 cm³/mol. The van der Waals surface area contributed by atoms with Crippen molar-refractivity contribution in [3.63, 3.8) is 0 Å². The van der Waals surface area contributed by atoms with Crippen molar-refractivity contribution < 1.29 is 4.39 Å². The van der Waals surface area contributed by atoms with E-state index in [0.29, 0.717) is 17.3 Å². The first-order valence-electron chi connectivity index (χ1n) is 5.57. The fourth-order valence-electron chi connectivity index (χ4n) is 1.76. The lowest BCUT2D eigenvalue weighted by atomic mass is 10.2. The number of nitrogen functional groups attached to an aromatic ring is 1. The molecule has 0 aliphatic heterocycles. The van der Waals surface area contributed by atoms with E-state index in [1.807, 2.05) is 18.0 Å². The summed E-state index contributed by atoms with van der Waals surface area (Å²) in [5.41, 5.74) is 8.29. The second kappa shape index (κ2) is 5.27. The number of nitrogens with zero attached hydrogens (tertiary/aromatic N) is 1. The molecular weight excluding hydrogens is 251 g/mol. The highest BCUT2D eigenvalue weighted by molar-refractivity contribution is 6.31. The number of benzene rings is 2. The molecule has 0 fully saturated rings. The highest BCUT2D eigenvalue weighted by Gasteiger charge is 2.06. The minimum absolute atomic E-state index is 0.242. The molecule has 4 heteroatoms. The molecule has 2 aromatic carbocycles. The highest BCUT2D eigenvalue weighted by Crippen LogP contribution is 2.22. The van der Waals surface area contributed by atoms with Crippen LogP contribution >= 0.6 is 11.6 Å². The molecule has 0 spiro atoms. The summed E-state index contributed by atoms with van der Waals surface area (Å²) < 4.78 is 12.8. The normalized spacial score (nSPS) is 10.4. The maximum Gasteiger partial charge on any atom is 0.123 e. The Bertz CT molecular complexity index is 540. The van der Waals surface area contributed by atoms with Gasteiger partial charge in [-0.3, -0.25) is 0 Å². The summed E-state index contributed by atoms with van der Waals surface area (Å²) in [7, 11) is 1.92. The van der Waals surface area contributed by atoms with Crippen LogP contribution in [0.15, 0.2) is 42.5 Å². The maximum atomic E-state index is 12.8. The van der Waals surface area contributed by atoms with Gasteiger partial charge >= 0.3 is 0 Å². The summed E-state index contributed by atoms with van der Waals surface area (Å²) in [6.45, 7) is 0.621. The van der Waals surface area contributed by atoms with Gasteiger partial charge in [0.25, 0.3) is 0 Å². The Balaban J connectivity index is 2.18. The van der Waals surface area contributed by atoms with Crippen LogP contribution in [0.2, 0.25) is 5.02 Å². The van der Waals surface area contributed by atoms with Gasteiger partial charge in [0.1, 0.15) is 5.82 Å². The largest absolute Gasteiger partial charge is 0.399 e. The summed E-state index contributed by atoms with van der Waals surface area (Å²) in [5.74, 6) is -0.242. The topological polar surface area (TPSA) is 29.3 Å². The number of halogens is 2.